The summed E-state index contributed by atoms with van der Waals surface area (Å²) in [5.74, 6) is -0.572. The fourth-order valence-corrected chi connectivity index (χ4v) is 1.21. The molecule has 104 valence electrons. The highest BCUT2D eigenvalue weighted by Crippen LogP contribution is 2.14. The van der Waals surface area contributed by atoms with Crippen molar-refractivity contribution in [2.75, 3.05) is 6.54 Å². The topological polar surface area (TPSA) is 55.4 Å². The van der Waals surface area contributed by atoms with Crippen molar-refractivity contribution in [3.63, 3.8) is 0 Å². The molecule has 1 aromatic rings. The Kier molecular flexibility index (Phi) is 4.91. The molecule has 1 amide bonds. The van der Waals surface area contributed by atoms with E-state index in [1.54, 1.807) is 5.32 Å². The molecule has 0 saturated carbocycles. The number of hydrogen-bond acceptors (Lipinski definition) is 3. The second kappa shape index (κ2) is 6.21. The highest BCUT2D eigenvalue weighted by atomic mass is 19.4. The Labute approximate surface area is 107 Å². The molecule has 4 nitrogen and oxygen atoms in total. The van der Waals surface area contributed by atoms with Crippen molar-refractivity contribution < 1.29 is 27.5 Å². The second-order valence-corrected chi connectivity index (χ2v) is 3.78. The van der Waals surface area contributed by atoms with Gasteiger partial charge in [-0.05, 0) is 31.2 Å². The zero-order valence-electron chi connectivity index (χ0n) is 10.0. The van der Waals surface area contributed by atoms with Crippen molar-refractivity contribution in [3.8, 4) is 5.75 Å². The Balaban J connectivity index is 2.51. The van der Waals surface area contributed by atoms with E-state index in [4.69, 9.17) is 4.74 Å². The molecular formula is C12H12F3NO3. The second-order valence-electron chi connectivity index (χ2n) is 3.78. The van der Waals surface area contributed by atoms with Crippen molar-refractivity contribution in [1.82, 2.24) is 5.32 Å². The quantitative estimate of drug-likeness (QED) is 0.835. The number of carbonyl (C=O) groups is 2. The van der Waals surface area contributed by atoms with E-state index >= 15 is 0 Å². The SMILES string of the molecule is CC(Oc1ccc(C=O)cc1)C(=O)NCC(F)(F)F. The van der Waals surface area contributed by atoms with E-state index in [0.717, 1.165) is 0 Å². The van der Waals surface area contributed by atoms with Crippen LogP contribution in [0.2, 0.25) is 0 Å². The Hall–Kier alpha value is -2.05. The first-order valence-corrected chi connectivity index (χ1v) is 5.38. The molecule has 0 bridgehead atoms. The summed E-state index contributed by atoms with van der Waals surface area (Å²) >= 11 is 0. The van der Waals surface area contributed by atoms with Crippen LogP contribution in [0.25, 0.3) is 0 Å². The normalized spacial score (nSPS) is 12.6. The summed E-state index contributed by atoms with van der Waals surface area (Å²) in [5, 5.41) is 1.72. The van der Waals surface area contributed by atoms with Crippen LogP contribution in [0.5, 0.6) is 5.75 Å². The van der Waals surface area contributed by atoms with Gasteiger partial charge >= 0.3 is 6.18 Å². The first-order chi connectivity index (χ1) is 8.81. The minimum absolute atomic E-state index is 0.292. The van der Waals surface area contributed by atoms with Gasteiger partial charge in [-0.1, -0.05) is 0 Å². The van der Waals surface area contributed by atoms with Crippen LogP contribution in [0, 0.1) is 0 Å². The molecule has 0 heterocycles. The molecular weight excluding hydrogens is 263 g/mol. The Morgan fingerprint density at radius 2 is 1.95 bits per heavy atom. The molecule has 0 aliphatic rings. The molecule has 0 spiro atoms. The monoisotopic (exact) mass is 275 g/mol. The number of alkyl halides is 3. The number of ether oxygens (including phenoxy) is 1. The van der Waals surface area contributed by atoms with Gasteiger partial charge in [-0.2, -0.15) is 13.2 Å². The lowest BCUT2D eigenvalue weighted by Crippen LogP contribution is -2.41. The lowest BCUT2D eigenvalue weighted by molar-refractivity contribution is -0.142. The van der Waals surface area contributed by atoms with Crippen molar-refractivity contribution in [1.29, 1.82) is 0 Å². The summed E-state index contributed by atoms with van der Waals surface area (Å²) in [4.78, 5) is 21.7. The Morgan fingerprint density at radius 3 is 2.42 bits per heavy atom. The first kappa shape index (κ1) is 15.0. The predicted molar refractivity (Wildman–Crippen MR) is 61.0 cm³/mol. The van der Waals surface area contributed by atoms with Crippen LogP contribution in [0.1, 0.15) is 17.3 Å². The van der Waals surface area contributed by atoms with Gasteiger partial charge in [0.25, 0.3) is 5.91 Å². The molecule has 1 unspecified atom stereocenters. The summed E-state index contributed by atoms with van der Waals surface area (Å²) in [6.45, 7) is -0.0665. The van der Waals surface area contributed by atoms with Crippen LogP contribution < -0.4 is 10.1 Å². The van der Waals surface area contributed by atoms with Crippen molar-refractivity contribution in [2.24, 2.45) is 0 Å². The fraction of sp³-hybridized carbons (Fsp3) is 0.333. The Bertz CT molecular complexity index is 443. The molecule has 1 atom stereocenters. The average Bonchev–Trinajstić information content (AvgIpc) is 2.36. The van der Waals surface area contributed by atoms with Gasteiger partial charge in [0.05, 0.1) is 0 Å². The molecule has 1 rings (SSSR count). The van der Waals surface area contributed by atoms with Crippen molar-refractivity contribution in [2.45, 2.75) is 19.2 Å². The van der Waals surface area contributed by atoms with Crippen molar-refractivity contribution in [3.05, 3.63) is 29.8 Å². The van der Waals surface area contributed by atoms with Gasteiger partial charge in [-0.25, -0.2) is 0 Å². The van der Waals surface area contributed by atoms with Gasteiger partial charge in [-0.3, -0.25) is 9.59 Å². The van der Waals surface area contributed by atoms with Crippen LogP contribution in [0.3, 0.4) is 0 Å². The molecule has 0 aliphatic heterocycles. The maximum Gasteiger partial charge on any atom is 0.405 e. The number of aldehydes is 1. The van der Waals surface area contributed by atoms with Gasteiger partial charge in [0, 0.05) is 5.56 Å². The maximum absolute atomic E-state index is 11.9. The molecule has 0 saturated heterocycles. The van der Waals surface area contributed by atoms with Crippen LogP contribution in [-0.2, 0) is 4.79 Å². The molecule has 0 fully saturated rings. The van der Waals surface area contributed by atoms with Crippen LogP contribution >= 0.6 is 0 Å². The van der Waals surface area contributed by atoms with Gasteiger partial charge in [0.2, 0.25) is 0 Å². The van der Waals surface area contributed by atoms with E-state index in [1.807, 2.05) is 0 Å². The lowest BCUT2D eigenvalue weighted by atomic mass is 10.2. The Morgan fingerprint density at radius 1 is 1.37 bits per heavy atom. The molecule has 7 heteroatoms. The number of benzene rings is 1. The number of carbonyl (C=O) groups excluding carboxylic acids is 2. The van der Waals surface area contributed by atoms with E-state index in [2.05, 4.69) is 0 Å². The minimum atomic E-state index is -4.46. The standard InChI is InChI=1S/C12H12F3NO3/c1-8(11(18)16-7-12(13,14)15)19-10-4-2-9(6-17)3-5-10/h2-6,8H,7H2,1H3,(H,16,18). The summed E-state index contributed by atoms with van der Waals surface area (Å²) in [7, 11) is 0. The molecule has 1 aromatic carbocycles. The van der Waals surface area contributed by atoms with E-state index in [0.29, 0.717) is 17.6 Å². The van der Waals surface area contributed by atoms with E-state index < -0.39 is 24.7 Å². The minimum Gasteiger partial charge on any atom is -0.481 e. The maximum atomic E-state index is 11.9. The smallest absolute Gasteiger partial charge is 0.405 e. The third-order valence-corrected chi connectivity index (χ3v) is 2.16. The number of hydrogen-bond donors (Lipinski definition) is 1. The van der Waals surface area contributed by atoms with E-state index in [-0.39, 0.29) is 0 Å². The largest absolute Gasteiger partial charge is 0.481 e. The lowest BCUT2D eigenvalue weighted by Gasteiger charge is -2.15. The highest BCUT2D eigenvalue weighted by molar-refractivity contribution is 5.80. The van der Waals surface area contributed by atoms with Crippen LogP contribution in [-0.4, -0.2) is 31.0 Å². The fourth-order valence-electron chi connectivity index (χ4n) is 1.21. The number of halogens is 3. The summed E-state index contributed by atoms with van der Waals surface area (Å²) in [6, 6.07) is 5.86. The average molecular weight is 275 g/mol. The number of rotatable bonds is 5. The first-order valence-electron chi connectivity index (χ1n) is 5.38. The third kappa shape index (κ3) is 5.41. The zero-order chi connectivity index (χ0) is 14.5. The molecule has 1 N–H and O–H groups in total. The predicted octanol–water partition coefficient (Wildman–Crippen LogP) is 1.94. The molecule has 0 aromatic heterocycles. The number of nitrogens with one attached hydrogen (secondary N) is 1. The zero-order valence-corrected chi connectivity index (χ0v) is 10.0. The van der Waals surface area contributed by atoms with Crippen LogP contribution in [0.4, 0.5) is 13.2 Å². The third-order valence-electron chi connectivity index (χ3n) is 2.16. The van der Waals surface area contributed by atoms with Gasteiger partial charge in [-0.15, -0.1) is 0 Å². The molecule has 19 heavy (non-hydrogen) atoms. The van der Waals surface area contributed by atoms with E-state index in [9.17, 15) is 22.8 Å². The van der Waals surface area contributed by atoms with Crippen molar-refractivity contribution >= 4 is 12.2 Å². The summed E-state index contributed by atoms with van der Waals surface area (Å²) in [5.41, 5.74) is 0.432. The number of amides is 1. The van der Waals surface area contributed by atoms with E-state index in [1.165, 1.54) is 31.2 Å². The van der Waals surface area contributed by atoms with Crippen LogP contribution in [0.15, 0.2) is 24.3 Å². The summed E-state index contributed by atoms with van der Waals surface area (Å²) < 4.78 is 40.8. The summed E-state index contributed by atoms with van der Waals surface area (Å²) in [6.07, 6.45) is -4.88. The van der Waals surface area contributed by atoms with Gasteiger partial charge in [0.1, 0.15) is 18.6 Å². The highest BCUT2D eigenvalue weighted by Gasteiger charge is 2.29. The molecule has 0 radical (unpaired) electrons. The van der Waals surface area contributed by atoms with Gasteiger partial charge in [0.15, 0.2) is 6.10 Å². The molecule has 0 aliphatic carbocycles. The van der Waals surface area contributed by atoms with Gasteiger partial charge < -0.3 is 10.1 Å².